The molecular formula is C24H16Cl3NO5. The molecule has 0 radical (unpaired) electrons. The number of ketones is 1. The number of methoxy groups -OCH3 is 1. The number of amides is 1. The summed E-state index contributed by atoms with van der Waals surface area (Å²) >= 11 is 18.4. The molecule has 2 N–H and O–H groups in total. The van der Waals surface area contributed by atoms with E-state index in [1.807, 2.05) is 0 Å². The molecule has 0 bridgehead atoms. The van der Waals surface area contributed by atoms with Gasteiger partial charge in [0.1, 0.15) is 17.3 Å². The molecule has 6 nitrogen and oxygen atoms in total. The van der Waals surface area contributed by atoms with Crippen molar-refractivity contribution in [2.75, 3.05) is 12.0 Å². The Bertz CT molecular complexity index is 1320. The van der Waals surface area contributed by atoms with Crippen LogP contribution in [-0.2, 0) is 9.59 Å². The van der Waals surface area contributed by atoms with Crippen LogP contribution in [0.15, 0.2) is 66.2 Å². The third kappa shape index (κ3) is 4.13. The van der Waals surface area contributed by atoms with Crippen LogP contribution in [0.2, 0.25) is 15.1 Å². The van der Waals surface area contributed by atoms with Crippen LogP contribution in [0.1, 0.15) is 17.2 Å². The predicted octanol–water partition coefficient (Wildman–Crippen LogP) is 5.99. The molecule has 0 spiro atoms. The number of phenols is 1. The second-order valence-electron chi connectivity index (χ2n) is 7.20. The van der Waals surface area contributed by atoms with Gasteiger partial charge in [-0.15, -0.1) is 0 Å². The minimum atomic E-state index is -1.06. The van der Waals surface area contributed by atoms with E-state index in [4.69, 9.17) is 39.5 Å². The van der Waals surface area contributed by atoms with Crippen molar-refractivity contribution in [2.24, 2.45) is 0 Å². The van der Waals surface area contributed by atoms with Crippen LogP contribution in [0.5, 0.6) is 11.5 Å². The number of carbonyl (C=O) groups is 2. The summed E-state index contributed by atoms with van der Waals surface area (Å²) in [5, 5.41) is 21.8. The van der Waals surface area contributed by atoms with Crippen molar-refractivity contribution >= 4 is 57.9 Å². The summed E-state index contributed by atoms with van der Waals surface area (Å²) in [6.45, 7) is 0. The second-order valence-corrected chi connectivity index (χ2v) is 8.48. The summed E-state index contributed by atoms with van der Waals surface area (Å²) < 4.78 is 5.31. The first-order chi connectivity index (χ1) is 15.7. The SMILES string of the molecule is COc1ccc(Cl)cc1/C(O)=C1\C(=O)C(=O)N(c2cccc(Cl)c2)C1c1ccc(O)c(Cl)c1. The van der Waals surface area contributed by atoms with Crippen LogP contribution < -0.4 is 9.64 Å². The number of aliphatic hydroxyl groups excluding tert-OH is 1. The zero-order valence-corrected chi connectivity index (χ0v) is 19.3. The van der Waals surface area contributed by atoms with Crippen LogP contribution in [-0.4, -0.2) is 29.0 Å². The summed E-state index contributed by atoms with van der Waals surface area (Å²) in [6, 6.07) is 14.2. The highest BCUT2D eigenvalue weighted by atomic mass is 35.5. The lowest BCUT2D eigenvalue weighted by atomic mass is 9.94. The van der Waals surface area contributed by atoms with Gasteiger partial charge in [0.05, 0.1) is 29.3 Å². The number of hydrogen-bond acceptors (Lipinski definition) is 5. The van der Waals surface area contributed by atoms with Crippen molar-refractivity contribution in [1.82, 2.24) is 0 Å². The molecule has 33 heavy (non-hydrogen) atoms. The molecule has 3 aromatic carbocycles. The van der Waals surface area contributed by atoms with Crippen LogP contribution in [0, 0.1) is 0 Å². The summed E-state index contributed by atoms with van der Waals surface area (Å²) in [5.74, 6) is -2.16. The lowest BCUT2D eigenvalue weighted by Crippen LogP contribution is -2.29. The van der Waals surface area contributed by atoms with E-state index in [2.05, 4.69) is 0 Å². The molecule has 9 heteroatoms. The highest BCUT2D eigenvalue weighted by Gasteiger charge is 2.47. The van der Waals surface area contributed by atoms with Crippen molar-refractivity contribution < 1.29 is 24.5 Å². The lowest BCUT2D eigenvalue weighted by molar-refractivity contribution is -0.132. The molecular weight excluding hydrogens is 489 g/mol. The first-order valence-electron chi connectivity index (χ1n) is 9.61. The maximum atomic E-state index is 13.2. The number of carbonyl (C=O) groups excluding carboxylic acids is 2. The van der Waals surface area contributed by atoms with E-state index in [1.54, 1.807) is 24.3 Å². The van der Waals surface area contributed by atoms with Crippen LogP contribution in [0.25, 0.3) is 5.76 Å². The van der Waals surface area contributed by atoms with Gasteiger partial charge in [-0.1, -0.05) is 46.9 Å². The number of halogens is 3. The van der Waals surface area contributed by atoms with Crippen LogP contribution >= 0.6 is 34.8 Å². The fraction of sp³-hybridized carbons (Fsp3) is 0.0833. The molecule has 4 rings (SSSR count). The molecule has 0 aromatic heterocycles. The van der Waals surface area contributed by atoms with Gasteiger partial charge < -0.3 is 14.9 Å². The quantitative estimate of drug-likeness (QED) is 0.259. The molecule has 1 aliphatic rings. The standard InChI is InChI=1S/C24H16Cl3NO5/c1-33-19-8-6-14(26)11-16(19)22(30)20-21(12-5-7-18(29)17(27)9-12)28(24(32)23(20)31)15-4-2-3-13(25)10-15/h2-11,21,29-30H,1H3/b22-20+. The Hall–Kier alpha value is -3.19. The first kappa shape index (κ1) is 23.0. The van der Waals surface area contributed by atoms with E-state index in [1.165, 1.54) is 48.4 Å². The summed E-state index contributed by atoms with van der Waals surface area (Å²) in [5.41, 5.74) is 0.682. The molecule has 0 saturated carbocycles. The first-order valence-corrected chi connectivity index (χ1v) is 10.7. The number of ether oxygens (including phenoxy) is 1. The zero-order chi connectivity index (χ0) is 23.9. The molecule has 1 unspecified atom stereocenters. The van der Waals surface area contributed by atoms with Gasteiger partial charge in [-0.25, -0.2) is 0 Å². The molecule has 1 fully saturated rings. The molecule has 1 saturated heterocycles. The lowest BCUT2D eigenvalue weighted by Gasteiger charge is -2.26. The van der Waals surface area contributed by atoms with Crippen LogP contribution in [0.4, 0.5) is 5.69 Å². The number of Topliss-reactive ketones (excluding diaryl/α,β-unsaturated/α-hetero) is 1. The average molecular weight is 505 g/mol. The van der Waals surface area contributed by atoms with E-state index >= 15 is 0 Å². The van der Waals surface area contributed by atoms with Gasteiger partial charge in [-0.2, -0.15) is 0 Å². The van der Waals surface area contributed by atoms with Gasteiger partial charge in [0, 0.05) is 15.7 Å². The normalized spacial score (nSPS) is 17.5. The van der Waals surface area contributed by atoms with E-state index in [0.29, 0.717) is 21.3 Å². The Balaban J connectivity index is 2.01. The fourth-order valence-corrected chi connectivity index (χ4v) is 4.29. The number of nitrogens with zero attached hydrogens (tertiary/aromatic N) is 1. The van der Waals surface area contributed by atoms with Gasteiger partial charge in [0.15, 0.2) is 0 Å². The number of aliphatic hydroxyl groups is 1. The molecule has 0 aliphatic carbocycles. The number of rotatable bonds is 4. The van der Waals surface area contributed by atoms with E-state index in [9.17, 15) is 19.8 Å². The highest BCUT2D eigenvalue weighted by Crippen LogP contribution is 2.45. The third-order valence-corrected chi connectivity index (χ3v) is 6.01. The fourth-order valence-electron chi connectivity index (χ4n) is 3.74. The highest BCUT2D eigenvalue weighted by molar-refractivity contribution is 6.52. The second kappa shape index (κ2) is 8.98. The monoisotopic (exact) mass is 503 g/mol. The van der Waals surface area contributed by atoms with E-state index < -0.39 is 23.5 Å². The van der Waals surface area contributed by atoms with Crippen molar-refractivity contribution in [1.29, 1.82) is 0 Å². The molecule has 1 amide bonds. The Morgan fingerprint density at radius 1 is 0.970 bits per heavy atom. The molecule has 1 aliphatic heterocycles. The van der Waals surface area contributed by atoms with E-state index in [0.717, 1.165) is 0 Å². The third-order valence-electron chi connectivity index (χ3n) is 5.23. The van der Waals surface area contributed by atoms with Crippen molar-refractivity contribution in [2.45, 2.75) is 6.04 Å². The maximum Gasteiger partial charge on any atom is 0.300 e. The number of anilines is 1. The van der Waals surface area contributed by atoms with Crippen LogP contribution in [0.3, 0.4) is 0 Å². The Morgan fingerprint density at radius 3 is 2.36 bits per heavy atom. The summed E-state index contributed by atoms with van der Waals surface area (Å²) in [6.07, 6.45) is 0. The summed E-state index contributed by atoms with van der Waals surface area (Å²) in [7, 11) is 1.40. The number of hydrogen-bond donors (Lipinski definition) is 2. The van der Waals surface area contributed by atoms with Gasteiger partial charge in [0.2, 0.25) is 0 Å². The topological polar surface area (TPSA) is 87.1 Å². The largest absolute Gasteiger partial charge is 0.507 e. The van der Waals surface area contributed by atoms with Crippen molar-refractivity contribution in [3.63, 3.8) is 0 Å². The van der Waals surface area contributed by atoms with Crippen molar-refractivity contribution in [3.05, 3.63) is 92.4 Å². The molecule has 3 aromatic rings. The van der Waals surface area contributed by atoms with Gasteiger partial charge in [0.25, 0.3) is 11.7 Å². The number of phenolic OH excluding ortho intramolecular Hbond substituents is 1. The van der Waals surface area contributed by atoms with E-state index in [-0.39, 0.29) is 27.7 Å². The van der Waals surface area contributed by atoms with Gasteiger partial charge in [-0.05, 0) is 54.1 Å². The summed E-state index contributed by atoms with van der Waals surface area (Å²) in [4.78, 5) is 27.6. The van der Waals surface area contributed by atoms with Crippen molar-refractivity contribution in [3.8, 4) is 11.5 Å². The zero-order valence-electron chi connectivity index (χ0n) is 17.1. The Morgan fingerprint density at radius 2 is 1.70 bits per heavy atom. The smallest absolute Gasteiger partial charge is 0.300 e. The van der Waals surface area contributed by atoms with Gasteiger partial charge in [-0.3, -0.25) is 14.5 Å². The predicted molar refractivity (Wildman–Crippen MR) is 127 cm³/mol. The minimum absolute atomic E-state index is 0.0181. The average Bonchev–Trinajstić information content (AvgIpc) is 3.05. The molecule has 1 heterocycles. The molecule has 168 valence electrons. The Labute approximate surface area is 204 Å². The minimum Gasteiger partial charge on any atom is -0.507 e. The molecule has 1 atom stereocenters. The number of aromatic hydroxyl groups is 1. The Kier molecular flexibility index (Phi) is 6.26. The maximum absolute atomic E-state index is 13.2. The number of benzene rings is 3. The van der Waals surface area contributed by atoms with Gasteiger partial charge >= 0.3 is 0 Å².